The van der Waals surface area contributed by atoms with Crippen LogP contribution in [0.2, 0.25) is 0 Å². The van der Waals surface area contributed by atoms with Crippen molar-refractivity contribution >= 4 is 5.91 Å². The lowest BCUT2D eigenvalue weighted by Crippen LogP contribution is -2.33. The second kappa shape index (κ2) is 6.34. The van der Waals surface area contributed by atoms with E-state index in [1.54, 1.807) is 19.9 Å². The van der Waals surface area contributed by atoms with Crippen molar-refractivity contribution in [1.82, 2.24) is 20.1 Å². The number of methoxy groups -OCH3 is 1. The molecule has 0 aliphatic carbocycles. The van der Waals surface area contributed by atoms with Gasteiger partial charge in [0, 0.05) is 0 Å². The van der Waals surface area contributed by atoms with Gasteiger partial charge >= 0.3 is 0 Å². The van der Waals surface area contributed by atoms with Crippen molar-refractivity contribution in [2.75, 3.05) is 7.11 Å². The number of carbonyl (C=O) groups is 1. The Morgan fingerprint density at radius 1 is 1.43 bits per heavy atom. The molecule has 2 atom stereocenters. The summed E-state index contributed by atoms with van der Waals surface area (Å²) in [6.45, 7) is 3.50. The Morgan fingerprint density at radius 3 is 2.76 bits per heavy atom. The van der Waals surface area contributed by atoms with E-state index in [4.69, 9.17) is 4.74 Å². The molecular weight excluding hydrogens is 275 g/mol. The number of halogens is 1. The van der Waals surface area contributed by atoms with Gasteiger partial charge in [-0.1, -0.05) is 6.07 Å². The Bertz CT molecular complexity index is 615. The van der Waals surface area contributed by atoms with Crippen LogP contribution in [0.1, 0.15) is 31.5 Å². The van der Waals surface area contributed by atoms with Crippen LogP contribution in [-0.4, -0.2) is 27.8 Å². The summed E-state index contributed by atoms with van der Waals surface area (Å²) in [4.78, 5) is 15.9. The molecule has 0 fully saturated rings. The van der Waals surface area contributed by atoms with E-state index in [1.165, 1.54) is 36.6 Å². The maximum absolute atomic E-state index is 13.7. The highest BCUT2D eigenvalue weighted by Crippen LogP contribution is 2.22. The molecule has 112 valence electrons. The fourth-order valence-electron chi connectivity index (χ4n) is 1.91. The predicted octanol–water partition coefficient (Wildman–Crippen LogP) is 1.86. The van der Waals surface area contributed by atoms with Gasteiger partial charge in [-0.2, -0.15) is 5.10 Å². The minimum absolute atomic E-state index is 0.174. The highest BCUT2D eigenvalue weighted by molar-refractivity contribution is 5.80. The van der Waals surface area contributed by atoms with Crippen molar-refractivity contribution in [3.05, 3.63) is 42.2 Å². The molecule has 0 bridgehead atoms. The molecule has 7 heteroatoms. The van der Waals surface area contributed by atoms with Crippen LogP contribution in [0.15, 0.2) is 30.9 Å². The highest BCUT2D eigenvalue weighted by Gasteiger charge is 2.18. The predicted molar refractivity (Wildman–Crippen MR) is 74.2 cm³/mol. The summed E-state index contributed by atoms with van der Waals surface area (Å²) in [5.74, 6) is -0.502. The first-order valence-corrected chi connectivity index (χ1v) is 6.51. The molecule has 0 aliphatic heterocycles. The summed E-state index contributed by atoms with van der Waals surface area (Å²) < 4.78 is 20.0. The quantitative estimate of drug-likeness (QED) is 0.913. The number of rotatable bonds is 5. The first-order valence-electron chi connectivity index (χ1n) is 6.51. The SMILES string of the molecule is COc1ccc([C@@H](C)NC(=O)[C@H](C)n2cncn2)cc1F. The van der Waals surface area contributed by atoms with E-state index in [0.717, 1.165) is 0 Å². The summed E-state index contributed by atoms with van der Waals surface area (Å²) in [5, 5.41) is 6.74. The number of amides is 1. The van der Waals surface area contributed by atoms with Gasteiger partial charge in [0.25, 0.3) is 0 Å². The topological polar surface area (TPSA) is 69.0 Å². The summed E-state index contributed by atoms with van der Waals surface area (Å²) in [6.07, 6.45) is 2.84. The smallest absolute Gasteiger partial charge is 0.245 e. The monoisotopic (exact) mass is 292 g/mol. The zero-order valence-electron chi connectivity index (χ0n) is 12.1. The molecule has 21 heavy (non-hydrogen) atoms. The zero-order valence-corrected chi connectivity index (χ0v) is 12.1. The van der Waals surface area contributed by atoms with E-state index < -0.39 is 11.9 Å². The van der Waals surface area contributed by atoms with Gasteiger partial charge in [0.15, 0.2) is 11.6 Å². The molecule has 1 aromatic carbocycles. The molecule has 1 amide bonds. The second-order valence-corrected chi connectivity index (χ2v) is 4.68. The zero-order chi connectivity index (χ0) is 15.4. The van der Waals surface area contributed by atoms with Crippen molar-refractivity contribution in [2.24, 2.45) is 0 Å². The van der Waals surface area contributed by atoms with Crippen LogP contribution >= 0.6 is 0 Å². The number of aromatic nitrogens is 3. The van der Waals surface area contributed by atoms with E-state index in [-0.39, 0.29) is 17.7 Å². The third-order valence-electron chi connectivity index (χ3n) is 3.25. The molecule has 0 spiro atoms. The van der Waals surface area contributed by atoms with Crippen molar-refractivity contribution in [2.45, 2.75) is 25.9 Å². The minimum atomic E-state index is -0.488. The van der Waals surface area contributed by atoms with Crippen LogP contribution < -0.4 is 10.1 Å². The third-order valence-corrected chi connectivity index (χ3v) is 3.25. The maximum atomic E-state index is 13.7. The molecule has 1 N–H and O–H groups in total. The van der Waals surface area contributed by atoms with Crippen molar-refractivity contribution in [1.29, 1.82) is 0 Å². The third kappa shape index (κ3) is 3.36. The molecular formula is C14H17FN4O2. The molecule has 2 rings (SSSR count). The van der Waals surface area contributed by atoms with Gasteiger partial charge in [0.2, 0.25) is 5.91 Å². The molecule has 2 aromatic rings. The van der Waals surface area contributed by atoms with Crippen LogP contribution in [0.5, 0.6) is 5.75 Å². The van der Waals surface area contributed by atoms with Crippen molar-refractivity contribution in [3.8, 4) is 5.75 Å². The standard InChI is InChI=1S/C14H17FN4O2/c1-9(11-4-5-13(21-3)12(15)6-11)18-14(20)10(2)19-8-16-7-17-19/h4-10H,1-3H3,(H,18,20)/t9-,10+/m1/s1. The summed E-state index contributed by atoms with van der Waals surface area (Å²) in [5.41, 5.74) is 0.660. The van der Waals surface area contributed by atoms with E-state index in [9.17, 15) is 9.18 Å². The average Bonchev–Trinajstić information content (AvgIpc) is 3.00. The number of nitrogens with zero attached hydrogens (tertiary/aromatic N) is 3. The van der Waals surface area contributed by atoms with E-state index in [2.05, 4.69) is 15.4 Å². The Balaban J connectivity index is 2.05. The van der Waals surface area contributed by atoms with Crippen molar-refractivity contribution < 1.29 is 13.9 Å². The lowest BCUT2D eigenvalue weighted by atomic mass is 10.1. The lowest BCUT2D eigenvalue weighted by molar-refractivity contribution is -0.124. The number of carbonyl (C=O) groups excluding carboxylic acids is 1. The Kier molecular flexibility index (Phi) is 4.52. The van der Waals surface area contributed by atoms with Crippen LogP contribution in [0.25, 0.3) is 0 Å². The molecule has 0 saturated heterocycles. The fraction of sp³-hybridized carbons (Fsp3) is 0.357. The van der Waals surface area contributed by atoms with E-state index in [0.29, 0.717) is 5.56 Å². The minimum Gasteiger partial charge on any atom is -0.494 e. The molecule has 0 radical (unpaired) electrons. The van der Waals surface area contributed by atoms with Gasteiger partial charge in [-0.3, -0.25) is 4.79 Å². The average molecular weight is 292 g/mol. The first-order chi connectivity index (χ1) is 10.0. The van der Waals surface area contributed by atoms with Crippen LogP contribution in [0.4, 0.5) is 4.39 Å². The number of benzene rings is 1. The molecule has 0 unspecified atom stereocenters. The second-order valence-electron chi connectivity index (χ2n) is 4.68. The molecule has 1 aromatic heterocycles. The van der Waals surface area contributed by atoms with Gasteiger partial charge < -0.3 is 10.1 Å². The number of ether oxygens (including phenoxy) is 1. The fourth-order valence-corrected chi connectivity index (χ4v) is 1.91. The summed E-state index contributed by atoms with van der Waals surface area (Å²) >= 11 is 0. The largest absolute Gasteiger partial charge is 0.494 e. The normalized spacial score (nSPS) is 13.5. The number of nitrogens with one attached hydrogen (secondary N) is 1. The number of hydrogen-bond acceptors (Lipinski definition) is 4. The molecule has 0 saturated carbocycles. The Labute approximate surface area is 121 Å². The van der Waals surface area contributed by atoms with E-state index >= 15 is 0 Å². The van der Waals surface area contributed by atoms with Gasteiger partial charge in [-0.25, -0.2) is 14.1 Å². The molecule has 1 heterocycles. The molecule has 6 nitrogen and oxygen atoms in total. The Hall–Kier alpha value is -2.44. The highest BCUT2D eigenvalue weighted by atomic mass is 19.1. The maximum Gasteiger partial charge on any atom is 0.245 e. The number of hydrogen-bond donors (Lipinski definition) is 1. The van der Waals surface area contributed by atoms with Gasteiger partial charge in [0.1, 0.15) is 18.7 Å². The van der Waals surface area contributed by atoms with Crippen LogP contribution in [-0.2, 0) is 4.79 Å². The molecule has 0 aliphatic rings. The van der Waals surface area contributed by atoms with Gasteiger partial charge in [0.05, 0.1) is 13.2 Å². The van der Waals surface area contributed by atoms with Gasteiger partial charge in [-0.15, -0.1) is 0 Å². The lowest BCUT2D eigenvalue weighted by Gasteiger charge is -2.18. The van der Waals surface area contributed by atoms with E-state index in [1.807, 2.05) is 0 Å². The van der Waals surface area contributed by atoms with Crippen LogP contribution in [0, 0.1) is 5.82 Å². The van der Waals surface area contributed by atoms with Gasteiger partial charge in [-0.05, 0) is 31.5 Å². The summed E-state index contributed by atoms with van der Waals surface area (Å²) in [6, 6.07) is 3.78. The van der Waals surface area contributed by atoms with Crippen LogP contribution in [0.3, 0.4) is 0 Å². The van der Waals surface area contributed by atoms with Crippen molar-refractivity contribution in [3.63, 3.8) is 0 Å². The summed E-state index contributed by atoms with van der Waals surface area (Å²) in [7, 11) is 1.41. The first kappa shape index (κ1) is 15.0. The Morgan fingerprint density at radius 2 is 2.19 bits per heavy atom.